The Kier molecular flexibility index (Phi) is 3.26. The summed E-state index contributed by atoms with van der Waals surface area (Å²) in [5.41, 5.74) is 9.47. The van der Waals surface area contributed by atoms with Gasteiger partial charge in [-0.2, -0.15) is 0 Å². The summed E-state index contributed by atoms with van der Waals surface area (Å²) in [6.45, 7) is 6.15. The molecule has 0 bridgehead atoms. The number of benzene rings is 1. The summed E-state index contributed by atoms with van der Waals surface area (Å²) in [6, 6.07) is 8.59. The van der Waals surface area contributed by atoms with Crippen molar-refractivity contribution in [2.45, 2.75) is 26.8 Å². The first-order chi connectivity index (χ1) is 6.09. The minimum atomic E-state index is 0.140. The van der Waals surface area contributed by atoms with Crippen molar-refractivity contribution >= 4 is 6.08 Å². The van der Waals surface area contributed by atoms with Gasteiger partial charge in [0.05, 0.1) is 0 Å². The minimum absolute atomic E-state index is 0.140. The lowest BCUT2D eigenvalue weighted by Gasteiger charge is -2.04. The van der Waals surface area contributed by atoms with Gasteiger partial charge in [0.25, 0.3) is 0 Å². The zero-order valence-electron chi connectivity index (χ0n) is 8.54. The molecule has 0 aliphatic rings. The highest BCUT2D eigenvalue weighted by molar-refractivity contribution is 5.53. The maximum Gasteiger partial charge on any atom is 0.0225 e. The predicted octanol–water partition coefficient (Wildman–Crippen LogP) is 2.75. The van der Waals surface area contributed by atoms with Crippen LogP contribution in [-0.4, -0.2) is 6.04 Å². The van der Waals surface area contributed by atoms with Crippen LogP contribution in [0.1, 0.15) is 25.0 Å². The van der Waals surface area contributed by atoms with E-state index in [1.165, 1.54) is 16.7 Å². The van der Waals surface area contributed by atoms with Crippen LogP contribution in [0.5, 0.6) is 0 Å². The largest absolute Gasteiger partial charge is 0.324 e. The van der Waals surface area contributed by atoms with Crippen LogP contribution in [0.25, 0.3) is 6.08 Å². The molecule has 1 nitrogen and oxygen atoms in total. The third-order valence-corrected chi connectivity index (χ3v) is 2.19. The zero-order valence-corrected chi connectivity index (χ0v) is 8.54. The van der Waals surface area contributed by atoms with E-state index < -0.39 is 0 Å². The number of nitrogens with two attached hydrogens (primary N) is 1. The van der Waals surface area contributed by atoms with Crippen molar-refractivity contribution in [1.29, 1.82) is 0 Å². The second-order valence-corrected chi connectivity index (χ2v) is 3.59. The Morgan fingerprint density at radius 3 is 2.31 bits per heavy atom. The van der Waals surface area contributed by atoms with Gasteiger partial charge >= 0.3 is 0 Å². The standard InChI is InChI=1S/C12H17N/c1-9-4-6-12(7-5-9)8-10(2)11(3)13/h4-8,11H,13H2,1-3H3/b10-8+/t11-/m1/s1. The van der Waals surface area contributed by atoms with Crippen molar-refractivity contribution in [1.82, 2.24) is 0 Å². The topological polar surface area (TPSA) is 26.0 Å². The first-order valence-electron chi connectivity index (χ1n) is 4.60. The molecule has 1 aromatic rings. The van der Waals surface area contributed by atoms with Crippen LogP contribution < -0.4 is 5.73 Å². The van der Waals surface area contributed by atoms with Crippen LogP contribution in [0.4, 0.5) is 0 Å². The highest BCUT2D eigenvalue weighted by Crippen LogP contribution is 2.09. The fraction of sp³-hybridized carbons (Fsp3) is 0.333. The van der Waals surface area contributed by atoms with Gasteiger partial charge in [-0.1, -0.05) is 41.5 Å². The molecule has 0 radical (unpaired) electrons. The molecule has 0 aliphatic heterocycles. The fourth-order valence-electron chi connectivity index (χ4n) is 1.06. The molecule has 0 aliphatic carbocycles. The normalized spacial score (nSPS) is 14.3. The molecule has 0 fully saturated rings. The van der Waals surface area contributed by atoms with Gasteiger partial charge in [-0.3, -0.25) is 0 Å². The lowest BCUT2D eigenvalue weighted by molar-refractivity contribution is 0.868. The van der Waals surface area contributed by atoms with E-state index in [0.717, 1.165) is 0 Å². The summed E-state index contributed by atoms with van der Waals surface area (Å²) in [5, 5.41) is 0. The van der Waals surface area contributed by atoms with Crippen molar-refractivity contribution in [3.8, 4) is 0 Å². The highest BCUT2D eigenvalue weighted by Gasteiger charge is 1.96. The molecule has 0 spiro atoms. The molecular formula is C12H17N. The van der Waals surface area contributed by atoms with Crippen LogP contribution in [-0.2, 0) is 0 Å². The second kappa shape index (κ2) is 4.24. The van der Waals surface area contributed by atoms with Gasteiger partial charge in [0.15, 0.2) is 0 Å². The van der Waals surface area contributed by atoms with Gasteiger partial charge in [-0.25, -0.2) is 0 Å². The second-order valence-electron chi connectivity index (χ2n) is 3.59. The quantitative estimate of drug-likeness (QED) is 0.735. The maximum atomic E-state index is 5.75. The summed E-state index contributed by atoms with van der Waals surface area (Å²) in [4.78, 5) is 0. The van der Waals surface area contributed by atoms with E-state index in [0.29, 0.717) is 0 Å². The molecule has 2 N–H and O–H groups in total. The van der Waals surface area contributed by atoms with Crippen molar-refractivity contribution < 1.29 is 0 Å². The van der Waals surface area contributed by atoms with Crippen molar-refractivity contribution in [3.63, 3.8) is 0 Å². The van der Waals surface area contributed by atoms with Crippen LogP contribution in [0.3, 0.4) is 0 Å². The minimum Gasteiger partial charge on any atom is -0.324 e. The SMILES string of the molecule is C/C(=C\c1ccc(C)cc1)[C@@H](C)N. The summed E-state index contributed by atoms with van der Waals surface area (Å²) in [6.07, 6.45) is 2.13. The Hall–Kier alpha value is -1.08. The zero-order chi connectivity index (χ0) is 9.84. The molecule has 1 aromatic carbocycles. The van der Waals surface area contributed by atoms with Gasteiger partial charge in [0, 0.05) is 6.04 Å². The van der Waals surface area contributed by atoms with Gasteiger partial charge in [-0.15, -0.1) is 0 Å². The van der Waals surface area contributed by atoms with Crippen molar-refractivity contribution in [2.75, 3.05) is 0 Å². The molecule has 0 unspecified atom stereocenters. The fourth-order valence-corrected chi connectivity index (χ4v) is 1.06. The Labute approximate surface area is 80.3 Å². The van der Waals surface area contributed by atoms with Crippen molar-refractivity contribution in [3.05, 3.63) is 41.0 Å². The Balaban J connectivity index is 2.85. The average molecular weight is 175 g/mol. The average Bonchev–Trinajstić information content (AvgIpc) is 2.08. The number of aryl methyl sites for hydroxylation is 1. The molecule has 0 saturated carbocycles. The van der Waals surface area contributed by atoms with E-state index in [9.17, 15) is 0 Å². The van der Waals surface area contributed by atoms with Gasteiger partial charge < -0.3 is 5.73 Å². The molecule has 0 heterocycles. The molecule has 1 rings (SSSR count). The molecule has 0 aromatic heterocycles. The Morgan fingerprint density at radius 1 is 1.31 bits per heavy atom. The summed E-state index contributed by atoms with van der Waals surface area (Å²) >= 11 is 0. The maximum absolute atomic E-state index is 5.75. The number of hydrogen-bond donors (Lipinski definition) is 1. The van der Waals surface area contributed by atoms with E-state index in [-0.39, 0.29) is 6.04 Å². The third-order valence-electron chi connectivity index (χ3n) is 2.19. The molecule has 0 saturated heterocycles. The van der Waals surface area contributed by atoms with E-state index in [1.807, 2.05) is 6.92 Å². The van der Waals surface area contributed by atoms with Gasteiger partial charge in [0.1, 0.15) is 0 Å². The van der Waals surface area contributed by atoms with Crippen LogP contribution in [0.15, 0.2) is 29.8 Å². The van der Waals surface area contributed by atoms with Gasteiger partial charge in [0.2, 0.25) is 0 Å². The first kappa shape index (κ1) is 10.0. The molecule has 0 amide bonds. The molecule has 1 heteroatoms. The van der Waals surface area contributed by atoms with Gasteiger partial charge in [-0.05, 0) is 26.3 Å². The molecular weight excluding hydrogens is 158 g/mol. The lowest BCUT2D eigenvalue weighted by Crippen LogP contribution is -2.15. The van der Waals surface area contributed by atoms with Crippen LogP contribution in [0.2, 0.25) is 0 Å². The number of rotatable bonds is 2. The van der Waals surface area contributed by atoms with E-state index >= 15 is 0 Å². The highest BCUT2D eigenvalue weighted by atomic mass is 14.6. The summed E-state index contributed by atoms with van der Waals surface area (Å²) in [7, 11) is 0. The molecule has 13 heavy (non-hydrogen) atoms. The molecule has 1 atom stereocenters. The Morgan fingerprint density at radius 2 is 1.85 bits per heavy atom. The Bertz CT molecular complexity index is 293. The number of hydrogen-bond acceptors (Lipinski definition) is 1. The monoisotopic (exact) mass is 175 g/mol. The first-order valence-corrected chi connectivity index (χ1v) is 4.60. The van der Waals surface area contributed by atoms with Crippen LogP contribution in [0, 0.1) is 6.92 Å². The summed E-state index contributed by atoms with van der Waals surface area (Å²) < 4.78 is 0. The van der Waals surface area contributed by atoms with E-state index in [4.69, 9.17) is 5.73 Å². The van der Waals surface area contributed by atoms with E-state index in [2.05, 4.69) is 44.2 Å². The smallest absolute Gasteiger partial charge is 0.0225 e. The third kappa shape index (κ3) is 3.03. The summed E-state index contributed by atoms with van der Waals surface area (Å²) in [5.74, 6) is 0. The predicted molar refractivity (Wildman–Crippen MR) is 58.5 cm³/mol. The lowest BCUT2D eigenvalue weighted by atomic mass is 10.1. The molecule has 70 valence electrons. The van der Waals surface area contributed by atoms with E-state index in [1.54, 1.807) is 0 Å². The van der Waals surface area contributed by atoms with Crippen LogP contribution >= 0.6 is 0 Å². The van der Waals surface area contributed by atoms with Crippen molar-refractivity contribution in [2.24, 2.45) is 5.73 Å².